The highest BCUT2D eigenvalue weighted by atomic mass is 32.2. The quantitative estimate of drug-likeness (QED) is 0.664. The van der Waals surface area contributed by atoms with Crippen LogP contribution in [0.3, 0.4) is 0 Å². The van der Waals surface area contributed by atoms with Crippen LogP contribution in [0.4, 0.5) is 5.82 Å². The minimum atomic E-state index is -3.63. The Kier molecular flexibility index (Phi) is 3.80. The predicted octanol–water partition coefficient (Wildman–Crippen LogP) is 0.456. The van der Waals surface area contributed by atoms with E-state index in [1.165, 1.54) is 7.11 Å². The molecule has 0 aliphatic carbocycles. The molecule has 0 atom stereocenters. The Balaban J connectivity index is 2.13. The average Bonchev–Trinajstić information content (AvgIpc) is 2.72. The van der Waals surface area contributed by atoms with E-state index < -0.39 is 10.2 Å². The summed E-state index contributed by atoms with van der Waals surface area (Å²) in [5, 5.41) is 7.39. The number of para-hydroxylation sites is 1. The van der Waals surface area contributed by atoms with Crippen molar-refractivity contribution in [1.82, 2.24) is 14.9 Å². The van der Waals surface area contributed by atoms with Gasteiger partial charge in [-0.3, -0.25) is 9.82 Å². The van der Waals surface area contributed by atoms with E-state index in [9.17, 15) is 8.42 Å². The highest BCUT2D eigenvalue weighted by molar-refractivity contribution is 7.90. The van der Waals surface area contributed by atoms with Crippen molar-refractivity contribution in [1.29, 1.82) is 0 Å². The van der Waals surface area contributed by atoms with Crippen molar-refractivity contribution in [2.45, 2.75) is 0 Å². The fourth-order valence-electron chi connectivity index (χ4n) is 1.48. The molecule has 8 heteroatoms. The van der Waals surface area contributed by atoms with Gasteiger partial charge in [-0.05, 0) is 12.1 Å². The maximum Gasteiger partial charge on any atom is 0.300 e. The zero-order valence-corrected chi connectivity index (χ0v) is 10.6. The molecule has 3 N–H and O–H groups in total. The van der Waals surface area contributed by atoms with Crippen LogP contribution in [-0.2, 0) is 14.9 Å². The Bertz CT molecular complexity index is 623. The van der Waals surface area contributed by atoms with E-state index in [2.05, 4.69) is 19.6 Å². The molecule has 0 saturated carbocycles. The Morgan fingerprint density at radius 1 is 1.39 bits per heavy atom. The first-order valence-electron chi connectivity index (χ1n) is 5.32. The van der Waals surface area contributed by atoms with Gasteiger partial charge in [-0.25, -0.2) is 0 Å². The first-order valence-corrected chi connectivity index (χ1v) is 6.80. The Labute approximate surface area is 105 Å². The normalized spacial score (nSPS) is 11.8. The highest BCUT2D eigenvalue weighted by Crippen LogP contribution is 2.19. The van der Waals surface area contributed by atoms with Gasteiger partial charge in [0.2, 0.25) is 0 Å². The minimum absolute atomic E-state index is 0.203. The Morgan fingerprint density at radius 2 is 2.17 bits per heavy atom. The summed E-state index contributed by atoms with van der Waals surface area (Å²) in [7, 11) is -2.13. The lowest BCUT2D eigenvalue weighted by Gasteiger charge is -2.06. The van der Waals surface area contributed by atoms with E-state index in [0.29, 0.717) is 6.61 Å². The monoisotopic (exact) mass is 270 g/mol. The van der Waals surface area contributed by atoms with Gasteiger partial charge in [-0.1, -0.05) is 12.1 Å². The molecule has 2 rings (SSSR count). The molecule has 0 radical (unpaired) electrons. The summed E-state index contributed by atoms with van der Waals surface area (Å²) in [6.45, 7) is 0.510. The van der Waals surface area contributed by atoms with Crippen LogP contribution in [0.25, 0.3) is 10.9 Å². The van der Waals surface area contributed by atoms with Crippen molar-refractivity contribution >= 4 is 26.9 Å². The summed E-state index contributed by atoms with van der Waals surface area (Å²) < 4.78 is 32.8. The van der Waals surface area contributed by atoms with Crippen molar-refractivity contribution in [2.24, 2.45) is 0 Å². The number of nitrogens with zero attached hydrogens (tertiary/aromatic N) is 1. The first-order chi connectivity index (χ1) is 8.62. The third-order valence-corrected chi connectivity index (χ3v) is 3.35. The number of hydrogen-bond donors (Lipinski definition) is 3. The lowest BCUT2D eigenvalue weighted by Crippen LogP contribution is -2.32. The third-order valence-electron chi connectivity index (χ3n) is 2.30. The molecule has 0 unspecified atom stereocenters. The topological polar surface area (TPSA) is 96.1 Å². The molecule has 98 valence electrons. The molecule has 18 heavy (non-hydrogen) atoms. The van der Waals surface area contributed by atoms with Crippen molar-refractivity contribution in [3.05, 3.63) is 24.3 Å². The number of fused-ring (bicyclic) bond motifs is 1. The lowest BCUT2D eigenvalue weighted by molar-refractivity contribution is 0.204. The molecular weight excluding hydrogens is 256 g/mol. The summed E-state index contributed by atoms with van der Waals surface area (Å²) in [4.78, 5) is 0. The molecule has 1 aromatic carbocycles. The lowest BCUT2D eigenvalue weighted by atomic mass is 10.2. The summed E-state index contributed by atoms with van der Waals surface area (Å²) in [6.07, 6.45) is 0. The van der Waals surface area contributed by atoms with Gasteiger partial charge in [0, 0.05) is 19.0 Å². The maximum absolute atomic E-state index is 11.7. The van der Waals surface area contributed by atoms with Crippen LogP contribution in [0.2, 0.25) is 0 Å². The van der Waals surface area contributed by atoms with E-state index in [4.69, 9.17) is 4.74 Å². The fourth-order valence-corrected chi connectivity index (χ4v) is 2.32. The standard InChI is InChI=1S/C10H14N4O3S/c1-17-7-6-11-18(15,16)14-10-8-4-2-3-5-9(8)12-13-10/h2-5,11H,6-7H2,1H3,(H2,12,13,14). The van der Waals surface area contributed by atoms with Gasteiger partial charge in [0.1, 0.15) is 0 Å². The summed E-state index contributed by atoms with van der Waals surface area (Å²) in [5.41, 5.74) is 0.770. The number of aromatic nitrogens is 2. The van der Waals surface area contributed by atoms with Gasteiger partial charge < -0.3 is 4.74 Å². The van der Waals surface area contributed by atoms with Crippen molar-refractivity contribution in [2.75, 3.05) is 25.0 Å². The van der Waals surface area contributed by atoms with Gasteiger partial charge in [-0.15, -0.1) is 0 Å². The van der Waals surface area contributed by atoms with E-state index in [0.717, 1.165) is 10.9 Å². The first kappa shape index (κ1) is 12.8. The second kappa shape index (κ2) is 5.34. The van der Waals surface area contributed by atoms with Crippen molar-refractivity contribution < 1.29 is 13.2 Å². The van der Waals surface area contributed by atoms with Crippen LogP contribution in [0.5, 0.6) is 0 Å². The summed E-state index contributed by atoms with van der Waals surface area (Å²) in [6, 6.07) is 7.26. The molecule has 2 aromatic rings. The molecule has 7 nitrogen and oxygen atoms in total. The number of anilines is 1. The summed E-state index contributed by atoms with van der Waals surface area (Å²) >= 11 is 0. The fraction of sp³-hybridized carbons (Fsp3) is 0.300. The Hall–Kier alpha value is -1.64. The maximum atomic E-state index is 11.7. The van der Waals surface area contributed by atoms with Crippen LogP contribution < -0.4 is 9.44 Å². The molecular formula is C10H14N4O3S. The number of nitrogens with one attached hydrogen (secondary N) is 3. The van der Waals surface area contributed by atoms with E-state index in [-0.39, 0.29) is 12.4 Å². The number of methoxy groups -OCH3 is 1. The zero-order chi connectivity index (χ0) is 13.0. The predicted molar refractivity (Wildman–Crippen MR) is 68.5 cm³/mol. The number of H-pyrrole nitrogens is 1. The molecule has 1 aromatic heterocycles. The van der Waals surface area contributed by atoms with Crippen molar-refractivity contribution in [3.8, 4) is 0 Å². The largest absolute Gasteiger partial charge is 0.383 e. The number of aromatic amines is 1. The number of benzene rings is 1. The van der Waals surface area contributed by atoms with Crippen LogP contribution in [-0.4, -0.2) is 38.9 Å². The third kappa shape index (κ3) is 2.97. The van der Waals surface area contributed by atoms with Crippen LogP contribution in [0.1, 0.15) is 0 Å². The average molecular weight is 270 g/mol. The van der Waals surface area contributed by atoms with Gasteiger partial charge in [-0.2, -0.15) is 18.2 Å². The molecule has 0 aliphatic rings. The molecule has 0 bridgehead atoms. The van der Waals surface area contributed by atoms with Crippen LogP contribution >= 0.6 is 0 Å². The Morgan fingerprint density at radius 3 is 2.94 bits per heavy atom. The van der Waals surface area contributed by atoms with Gasteiger partial charge in [0.05, 0.1) is 12.1 Å². The minimum Gasteiger partial charge on any atom is -0.383 e. The molecule has 0 amide bonds. The molecule has 0 saturated heterocycles. The molecule has 0 aliphatic heterocycles. The second-order valence-electron chi connectivity index (χ2n) is 3.61. The van der Waals surface area contributed by atoms with E-state index in [1.807, 2.05) is 18.2 Å². The van der Waals surface area contributed by atoms with E-state index in [1.54, 1.807) is 6.07 Å². The molecule has 0 fully saturated rings. The number of ether oxygens (including phenoxy) is 1. The summed E-state index contributed by atoms with van der Waals surface area (Å²) in [5.74, 6) is 0.274. The molecule has 1 heterocycles. The van der Waals surface area contributed by atoms with Crippen LogP contribution in [0, 0.1) is 0 Å². The zero-order valence-electron chi connectivity index (χ0n) is 9.80. The smallest absolute Gasteiger partial charge is 0.300 e. The SMILES string of the molecule is COCCNS(=O)(=O)Nc1n[nH]c2ccccc12. The van der Waals surface area contributed by atoms with Crippen molar-refractivity contribution in [3.63, 3.8) is 0 Å². The van der Waals surface area contributed by atoms with Gasteiger partial charge in [0.25, 0.3) is 10.2 Å². The number of hydrogen-bond acceptors (Lipinski definition) is 4. The second-order valence-corrected chi connectivity index (χ2v) is 5.11. The van der Waals surface area contributed by atoms with Crippen LogP contribution in [0.15, 0.2) is 24.3 Å². The van der Waals surface area contributed by atoms with Gasteiger partial charge in [0.15, 0.2) is 5.82 Å². The van der Waals surface area contributed by atoms with Gasteiger partial charge >= 0.3 is 0 Å². The van der Waals surface area contributed by atoms with E-state index >= 15 is 0 Å². The molecule has 0 spiro atoms. The number of rotatable bonds is 6. The highest BCUT2D eigenvalue weighted by Gasteiger charge is 2.13.